The van der Waals surface area contributed by atoms with Gasteiger partial charge in [-0.2, -0.15) is 0 Å². The number of nitrogens with zero attached hydrogens (tertiary/aromatic N) is 1. The van der Waals surface area contributed by atoms with Gasteiger partial charge in [0.15, 0.2) is 0 Å². The van der Waals surface area contributed by atoms with Gasteiger partial charge in [-0.3, -0.25) is 4.79 Å². The molecule has 0 unspecified atom stereocenters. The Morgan fingerprint density at radius 1 is 1.00 bits per heavy atom. The Morgan fingerprint density at radius 2 is 1.68 bits per heavy atom. The van der Waals surface area contributed by atoms with Crippen molar-refractivity contribution >= 4 is 17.7 Å². The molecule has 1 rings (SSSR count). The van der Waals surface area contributed by atoms with E-state index in [0.29, 0.717) is 26.1 Å². The summed E-state index contributed by atoms with van der Waals surface area (Å²) in [5.74, 6) is -0.126. The fourth-order valence-electron chi connectivity index (χ4n) is 2.34. The molecule has 1 aromatic carbocycles. The van der Waals surface area contributed by atoms with Crippen LogP contribution < -0.4 is 15.5 Å². The number of urea groups is 1. The largest absolute Gasteiger partial charge is 0.466 e. The van der Waals surface area contributed by atoms with E-state index in [9.17, 15) is 9.59 Å². The van der Waals surface area contributed by atoms with E-state index in [-0.39, 0.29) is 12.0 Å². The van der Waals surface area contributed by atoms with E-state index in [1.807, 2.05) is 50.2 Å². The molecule has 0 radical (unpaired) electrons. The summed E-state index contributed by atoms with van der Waals surface area (Å²) in [6.07, 6.45) is 4.20. The van der Waals surface area contributed by atoms with Crippen LogP contribution in [0.25, 0.3) is 0 Å². The van der Waals surface area contributed by atoms with Crippen LogP contribution in [0.15, 0.2) is 24.3 Å². The van der Waals surface area contributed by atoms with Crippen LogP contribution in [0.3, 0.4) is 0 Å². The zero-order valence-electron chi connectivity index (χ0n) is 15.6. The number of nitrogens with one attached hydrogen (secondary N) is 2. The fourth-order valence-corrected chi connectivity index (χ4v) is 2.34. The van der Waals surface area contributed by atoms with Crippen molar-refractivity contribution in [3.63, 3.8) is 0 Å². The summed E-state index contributed by atoms with van der Waals surface area (Å²) in [7, 11) is 4.00. The van der Waals surface area contributed by atoms with E-state index in [1.54, 1.807) is 0 Å². The van der Waals surface area contributed by atoms with Crippen molar-refractivity contribution in [1.29, 1.82) is 0 Å². The summed E-state index contributed by atoms with van der Waals surface area (Å²) in [6.45, 7) is 3.41. The van der Waals surface area contributed by atoms with Crippen molar-refractivity contribution in [2.45, 2.75) is 45.6 Å². The van der Waals surface area contributed by atoms with Gasteiger partial charge in [0, 0.05) is 39.3 Å². The maximum Gasteiger partial charge on any atom is 0.315 e. The molecular formula is C19H31N3O3. The van der Waals surface area contributed by atoms with Gasteiger partial charge < -0.3 is 20.3 Å². The van der Waals surface area contributed by atoms with Crippen LogP contribution in [0.4, 0.5) is 10.5 Å². The van der Waals surface area contributed by atoms with Crippen molar-refractivity contribution in [2.75, 3.05) is 32.1 Å². The molecule has 2 amide bonds. The van der Waals surface area contributed by atoms with E-state index < -0.39 is 0 Å². The second-order valence-corrected chi connectivity index (χ2v) is 6.14. The van der Waals surface area contributed by atoms with Crippen molar-refractivity contribution in [3.05, 3.63) is 29.8 Å². The molecule has 0 spiro atoms. The van der Waals surface area contributed by atoms with E-state index >= 15 is 0 Å². The number of hydrogen-bond acceptors (Lipinski definition) is 4. The van der Waals surface area contributed by atoms with Gasteiger partial charge in [0.25, 0.3) is 0 Å². The standard InChI is InChI=1S/C19H31N3O3/c1-4-25-18(23)9-7-5-6-8-14-20-19(24)21-15-16-10-12-17(13-11-16)22(2)3/h10-13H,4-9,14-15H2,1-3H3,(H2,20,21,24). The van der Waals surface area contributed by atoms with Gasteiger partial charge in [-0.1, -0.05) is 25.0 Å². The molecule has 0 aromatic heterocycles. The number of carbonyl (C=O) groups excluding carboxylic acids is 2. The van der Waals surface area contributed by atoms with Gasteiger partial charge in [0.2, 0.25) is 0 Å². The third-order valence-corrected chi connectivity index (χ3v) is 3.80. The summed E-state index contributed by atoms with van der Waals surface area (Å²) in [5, 5.41) is 5.71. The second kappa shape index (κ2) is 12.2. The zero-order valence-corrected chi connectivity index (χ0v) is 15.6. The highest BCUT2D eigenvalue weighted by Gasteiger charge is 2.02. The first-order valence-electron chi connectivity index (χ1n) is 8.96. The molecule has 0 bridgehead atoms. The molecule has 0 saturated heterocycles. The highest BCUT2D eigenvalue weighted by molar-refractivity contribution is 5.73. The Kier molecular flexibility index (Phi) is 10.1. The number of carbonyl (C=O) groups is 2. The average molecular weight is 349 g/mol. The average Bonchev–Trinajstić information content (AvgIpc) is 2.59. The molecule has 140 valence electrons. The third kappa shape index (κ3) is 9.59. The summed E-state index contributed by atoms with van der Waals surface area (Å²) >= 11 is 0. The van der Waals surface area contributed by atoms with Crippen molar-refractivity contribution in [3.8, 4) is 0 Å². The van der Waals surface area contributed by atoms with Gasteiger partial charge in [-0.05, 0) is 37.5 Å². The van der Waals surface area contributed by atoms with Crippen LogP contribution in [0, 0.1) is 0 Å². The molecule has 0 fully saturated rings. The van der Waals surface area contributed by atoms with E-state index in [0.717, 1.165) is 36.9 Å². The summed E-state index contributed by atoms with van der Waals surface area (Å²) in [5.41, 5.74) is 2.20. The molecule has 0 heterocycles. The Balaban J connectivity index is 2.04. The predicted molar refractivity (Wildman–Crippen MR) is 101 cm³/mol. The molecule has 0 aliphatic rings. The van der Waals surface area contributed by atoms with Crippen molar-refractivity contribution in [1.82, 2.24) is 10.6 Å². The minimum atomic E-state index is -0.150. The SMILES string of the molecule is CCOC(=O)CCCCCCNC(=O)NCc1ccc(N(C)C)cc1. The van der Waals surface area contributed by atoms with Crippen LogP contribution in [-0.4, -0.2) is 39.2 Å². The van der Waals surface area contributed by atoms with Crippen LogP contribution in [0.5, 0.6) is 0 Å². The highest BCUT2D eigenvalue weighted by atomic mass is 16.5. The quantitative estimate of drug-likeness (QED) is 0.476. The lowest BCUT2D eigenvalue weighted by Gasteiger charge is -2.13. The highest BCUT2D eigenvalue weighted by Crippen LogP contribution is 2.11. The number of ether oxygens (including phenoxy) is 1. The Morgan fingerprint density at radius 3 is 2.32 bits per heavy atom. The number of benzene rings is 1. The van der Waals surface area contributed by atoms with Crippen molar-refractivity contribution < 1.29 is 14.3 Å². The molecule has 0 aliphatic carbocycles. The van der Waals surface area contributed by atoms with Crippen molar-refractivity contribution in [2.24, 2.45) is 0 Å². The topological polar surface area (TPSA) is 70.7 Å². The Hall–Kier alpha value is -2.24. The molecule has 0 aliphatic heterocycles. The first-order chi connectivity index (χ1) is 12.0. The van der Waals surface area contributed by atoms with Crippen LogP contribution in [0.1, 0.15) is 44.6 Å². The summed E-state index contributed by atoms with van der Waals surface area (Å²) < 4.78 is 4.88. The van der Waals surface area contributed by atoms with Crippen LogP contribution in [0.2, 0.25) is 0 Å². The van der Waals surface area contributed by atoms with Gasteiger partial charge >= 0.3 is 12.0 Å². The summed E-state index contributed by atoms with van der Waals surface area (Å²) in [4.78, 5) is 25.0. The first kappa shape index (κ1) is 20.8. The van der Waals surface area contributed by atoms with Gasteiger partial charge in [0.1, 0.15) is 0 Å². The molecule has 2 N–H and O–H groups in total. The fraction of sp³-hybridized carbons (Fsp3) is 0.579. The van der Waals surface area contributed by atoms with E-state index in [1.165, 1.54) is 0 Å². The van der Waals surface area contributed by atoms with Gasteiger partial charge in [-0.15, -0.1) is 0 Å². The lowest BCUT2D eigenvalue weighted by Crippen LogP contribution is -2.35. The van der Waals surface area contributed by atoms with Gasteiger partial charge in [0.05, 0.1) is 6.61 Å². The van der Waals surface area contributed by atoms with Gasteiger partial charge in [-0.25, -0.2) is 4.79 Å². The number of anilines is 1. The molecular weight excluding hydrogens is 318 g/mol. The smallest absolute Gasteiger partial charge is 0.315 e. The molecule has 25 heavy (non-hydrogen) atoms. The normalized spacial score (nSPS) is 10.2. The maximum absolute atomic E-state index is 11.7. The molecule has 0 saturated carbocycles. The lowest BCUT2D eigenvalue weighted by atomic mass is 10.1. The van der Waals surface area contributed by atoms with E-state index in [4.69, 9.17) is 4.74 Å². The molecule has 1 aromatic rings. The number of rotatable bonds is 11. The maximum atomic E-state index is 11.7. The first-order valence-corrected chi connectivity index (χ1v) is 8.96. The third-order valence-electron chi connectivity index (χ3n) is 3.80. The number of unbranched alkanes of at least 4 members (excludes halogenated alkanes) is 3. The van der Waals surface area contributed by atoms with Crippen LogP contribution in [-0.2, 0) is 16.1 Å². The zero-order chi connectivity index (χ0) is 18.5. The number of hydrogen-bond donors (Lipinski definition) is 2. The molecule has 0 atom stereocenters. The Labute approximate surface area is 150 Å². The Bertz CT molecular complexity index is 515. The summed E-state index contributed by atoms with van der Waals surface area (Å²) in [6, 6.07) is 7.94. The number of esters is 1. The van der Waals surface area contributed by atoms with E-state index in [2.05, 4.69) is 10.6 Å². The minimum absolute atomic E-state index is 0.126. The minimum Gasteiger partial charge on any atom is -0.466 e. The monoisotopic (exact) mass is 349 g/mol. The second-order valence-electron chi connectivity index (χ2n) is 6.14. The molecule has 6 heteroatoms. The number of amides is 2. The molecule has 6 nitrogen and oxygen atoms in total. The lowest BCUT2D eigenvalue weighted by molar-refractivity contribution is -0.143. The van der Waals surface area contributed by atoms with Crippen LogP contribution >= 0.6 is 0 Å². The predicted octanol–water partition coefficient (Wildman–Crippen LogP) is 3.07.